The summed E-state index contributed by atoms with van der Waals surface area (Å²) in [4.78, 5) is 0.191. The molecule has 0 fully saturated rings. The molecule has 1 aromatic heterocycles. The molecular weight excluding hydrogens is 342 g/mol. The number of nitriles is 1. The summed E-state index contributed by atoms with van der Waals surface area (Å²) < 4.78 is 26.7. The number of aromatic nitrogens is 4. The second kappa shape index (κ2) is 7.87. The number of aryl methyl sites for hydroxylation is 1. The Morgan fingerprint density at radius 2 is 2.12 bits per heavy atom. The lowest BCUT2D eigenvalue weighted by molar-refractivity contribution is 0.445. The lowest BCUT2D eigenvalue weighted by Gasteiger charge is -2.19. The van der Waals surface area contributed by atoms with Crippen LogP contribution in [0.5, 0.6) is 0 Å². The molecule has 0 aliphatic rings. The van der Waals surface area contributed by atoms with E-state index in [0.717, 1.165) is 5.56 Å². The summed E-state index contributed by atoms with van der Waals surface area (Å²) in [6, 6.07) is 6.80. The van der Waals surface area contributed by atoms with E-state index in [1.165, 1.54) is 10.5 Å². The molecule has 0 bridgehead atoms. The van der Waals surface area contributed by atoms with Crippen LogP contribution < -0.4 is 5.32 Å². The summed E-state index contributed by atoms with van der Waals surface area (Å²) in [5.41, 5.74) is 1.58. The summed E-state index contributed by atoms with van der Waals surface area (Å²) in [6.45, 7) is 6.21. The van der Waals surface area contributed by atoms with E-state index < -0.39 is 10.0 Å². The second-order valence-electron chi connectivity index (χ2n) is 5.12. The third kappa shape index (κ3) is 4.01. The molecule has 0 atom stereocenters. The van der Waals surface area contributed by atoms with Crippen LogP contribution in [-0.4, -0.2) is 46.4 Å². The third-order valence-corrected chi connectivity index (χ3v) is 5.68. The fourth-order valence-electron chi connectivity index (χ4n) is 2.20. The fourth-order valence-corrected chi connectivity index (χ4v) is 3.69. The molecular formula is C15H19N7O2S. The SMILES string of the molecule is CCN(CC)S(=O)(=O)c1ccc(C)c(NC=C(C#N)c2nn[nH]n2)c1. The number of rotatable bonds is 7. The van der Waals surface area contributed by atoms with E-state index in [1.54, 1.807) is 32.0 Å². The van der Waals surface area contributed by atoms with Gasteiger partial charge >= 0.3 is 0 Å². The van der Waals surface area contributed by atoms with E-state index in [4.69, 9.17) is 0 Å². The van der Waals surface area contributed by atoms with Gasteiger partial charge in [-0.25, -0.2) is 8.42 Å². The molecule has 10 heteroatoms. The molecule has 1 aromatic carbocycles. The molecule has 0 aliphatic heterocycles. The first-order valence-electron chi connectivity index (χ1n) is 7.65. The van der Waals surface area contributed by atoms with Gasteiger partial charge in [-0.1, -0.05) is 19.9 Å². The minimum Gasteiger partial charge on any atom is -0.360 e. The molecule has 0 saturated heterocycles. The van der Waals surface area contributed by atoms with Crippen LogP contribution in [0.15, 0.2) is 29.3 Å². The molecule has 0 aliphatic carbocycles. The van der Waals surface area contributed by atoms with Crippen LogP contribution in [0.1, 0.15) is 25.2 Å². The number of hydrogen-bond acceptors (Lipinski definition) is 7. The van der Waals surface area contributed by atoms with Gasteiger partial charge in [0.25, 0.3) is 0 Å². The molecule has 9 nitrogen and oxygen atoms in total. The van der Waals surface area contributed by atoms with Crippen molar-refractivity contribution < 1.29 is 8.42 Å². The molecule has 0 unspecified atom stereocenters. The van der Waals surface area contributed by atoms with Gasteiger partial charge in [0.1, 0.15) is 11.6 Å². The zero-order valence-electron chi connectivity index (χ0n) is 14.2. The van der Waals surface area contributed by atoms with Crippen molar-refractivity contribution in [2.75, 3.05) is 18.4 Å². The number of allylic oxidation sites excluding steroid dienone is 1. The van der Waals surface area contributed by atoms with E-state index in [2.05, 4.69) is 25.9 Å². The van der Waals surface area contributed by atoms with Crippen molar-refractivity contribution in [3.8, 4) is 6.07 Å². The summed E-state index contributed by atoms with van der Waals surface area (Å²) in [7, 11) is -3.56. The summed E-state index contributed by atoms with van der Waals surface area (Å²) in [5, 5.41) is 25.3. The number of anilines is 1. The lowest BCUT2D eigenvalue weighted by atomic mass is 10.2. The number of nitrogens with zero attached hydrogens (tertiary/aromatic N) is 5. The minimum atomic E-state index is -3.56. The summed E-state index contributed by atoms with van der Waals surface area (Å²) in [6.07, 6.45) is 1.42. The van der Waals surface area contributed by atoms with Crippen LogP contribution >= 0.6 is 0 Å². The third-order valence-electron chi connectivity index (χ3n) is 3.63. The number of tetrazole rings is 1. The van der Waals surface area contributed by atoms with Crippen molar-refractivity contribution in [3.05, 3.63) is 35.8 Å². The average Bonchev–Trinajstić information content (AvgIpc) is 3.12. The highest BCUT2D eigenvalue weighted by molar-refractivity contribution is 7.89. The molecule has 1 heterocycles. The van der Waals surface area contributed by atoms with Crippen LogP contribution in [0.3, 0.4) is 0 Å². The van der Waals surface area contributed by atoms with Gasteiger partial charge in [-0.2, -0.15) is 14.8 Å². The highest BCUT2D eigenvalue weighted by atomic mass is 32.2. The molecule has 0 spiro atoms. The van der Waals surface area contributed by atoms with Crippen molar-refractivity contribution in [1.82, 2.24) is 24.9 Å². The largest absolute Gasteiger partial charge is 0.360 e. The first-order valence-corrected chi connectivity index (χ1v) is 9.09. The van der Waals surface area contributed by atoms with Crippen LogP contribution in [0.4, 0.5) is 5.69 Å². The Hall–Kier alpha value is -2.77. The summed E-state index contributed by atoms with van der Waals surface area (Å²) >= 11 is 0. The van der Waals surface area contributed by atoms with E-state index >= 15 is 0 Å². The number of hydrogen-bond donors (Lipinski definition) is 2. The quantitative estimate of drug-likeness (QED) is 0.715. The number of sulfonamides is 1. The first kappa shape index (κ1) is 18.6. The standard InChI is InChI=1S/C15H19N7O2S/c1-4-22(5-2)25(23,24)13-7-6-11(3)14(8-13)17-10-12(9-16)15-18-20-21-19-15/h6-8,10,17H,4-5H2,1-3H3,(H,18,19,20,21). The zero-order chi connectivity index (χ0) is 18.4. The molecule has 25 heavy (non-hydrogen) atoms. The van der Waals surface area contributed by atoms with Crippen molar-refractivity contribution in [3.63, 3.8) is 0 Å². The van der Waals surface area contributed by atoms with Gasteiger partial charge < -0.3 is 5.32 Å². The highest BCUT2D eigenvalue weighted by Gasteiger charge is 2.22. The maximum absolute atomic E-state index is 12.6. The predicted molar refractivity (Wildman–Crippen MR) is 92.7 cm³/mol. The molecule has 0 radical (unpaired) electrons. The van der Waals surface area contributed by atoms with Crippen LogP contribution in [-0.2, 0) is 10.0 Å². The zero-order valence-corrected chi connectivity index (χ0v) is 15.0. The fraction of sp³-hybridized carbons (Fsp3) is 0.333. The topological polar surface area (TPSA) is 128 Å². The van der Waals surface area contributed by atoms with Crippen LogP contribution in [0.25, 0.3) is 5.57 Å². The second-order valence-corrected chi connectivity index (χ2v) is 7.05. The Balaban J connectivity index is 2.36. The number of aromatic amines is 1. The van der Waals surface area contributed by atoms with Gasteiger partial charge in [-0.15, -0.1) is 10.2 Å². The molecule has 2 N–H and O–H groups in total. The monoisotopic (exact) mass is 361 g/mol. The molecule has 0 amide bonds. The molecule has 2 aromatic rings. The maximum Gasteiger partial charge on any atom is 0.243 e. The number of benzene rings is 1. The van der Waals surface area contributed by atoms with Crippen molar-refractivity contribution in [2.45, 2.75) is 25.7 Å². The van der Waals surface area contributed by atoms with Crippen molar-refractivity contribution >= 4 is 21.3 Å². The van der Waals surface area contributed by atoms with Gasteiger partial charge in [0.05, 0.1) is 4.90 Å². The van der Waals surface area contributed by atoms with E-state index in [0.29, 0.717) is 18.8 Å². The smallest absolute Gasteiger partial charge is 0.243 e. The Kier molecular flexibility index (Phi) is 5.84. The minimum absolute atomic E-state index is 0.152. The van der Waals surface area contributed by atoms with Gasteiger partial charge in [-0.05, 0) is 29.8 Å². The van der Waals surface area contributed by atoms with E-state index in [-0.39, 0.29) is 16.3 Å². The normalized spacial score (nSPS) is 12.2. The van der Waals surface area contributed by atoms with Crippen LogP contribution in [0, 0.1) is 18.3 Å². The number of H-pyrrole nitrogens is 1. The average molecular weight is 361 g/mol. The Morgan fingerprint density at radius 3 is 2.68 bits per heavy atom. The van der Waals surface area contributed by atoms with Crippen molar-refractivity contribution in [2.24, 2.45) is 0 Å². The predicted octanol–water partition coefficient (Wildman–Crippen LogP) is 1.52. The Bertz CT molecular complexity index is 894. The summed E-state index contributed by atoms with van der Waals surface area (Å²) in [5.74, 6) is 0.152. The molecule has 2 rings (SSSR count). The van der Waals surface area contributed by atoms with Gasteiger partial charge in [0, 0.05) is 25.0 Å². The maximum atomic E-state index is 12.6. The first-order chi connectivity index (χ1) is 11.9. The highest BCUT2D eigenvalue weighted by Crippen LogP contribution is 2.23. The molecule has 132 valence electrons. The van der Waals surface area contributed by atoms with E-state index in [1.807, 2.05) is 13.0 Å². The Labute approximate surface area is 146 Å². The van der Waals surface area contributed by atoms with Gasteiger partial charge in [0.15, 0.2) is 0 Å². The Morgan fingerprint density at radius 1 is 1.40 bits per heavy atom. The number of nitrogens with one attached hydrogen (secondary N) is 2. The van der Waals surface area contributed by atoms with Gasteiger partial charge in [0.2, 0.25) is 15.8 Å². The lowest BCUT2D eigenvalue weighted by Crippen LogP contribution is -2.30. The van der Waals surface area contributed by atoms with Crippen LogP contribution in [0.2, 0.25) is 0 Å². The van der Waals surface area contributed by atoms with Crippen molar-refractivity contribution in [1.29, 1.82) is 5.26 Å². The molecule has 0 saturated carbocycles. The van der Waals surface area contributed by atoms with E-state index in [9.17, 15) is 13.7 Å². The van der Waals surface area contributed by atoms with Gasteiger partial charge in [-0.3, -0.25) is 0 Å².